The molecule has 0 aliphatic carbocycles. The molecule has 0 amide bonds. The molecule has 2 aromatic rings. The van der Waals surface area contributed by atoms with E-state index in [1.165, 1.54) is 17.2 Å². The van der Waals surface area contributed by atoms with Crippen LogP contribution in [0.25, 0.3) is 5.65 Å². The molecule has 1 fully saturated rings. The molecule has 0 bridgehead atoms. The lowest BCUT2D eigenvalue weighted by molar-refractivity contribution is 0.186. The average Bonchev–Trinajstić information content (AvgIpc) is 2.48. The third-order valence-electron chi connectivity index (χ3n) is 3.98. The van der Waals surface area contributed by atoms with Gasteiger partial charge in [0, 0.05) is 31.4 Å². The fourth-order valence-corrected chi connectivity index (χ4v) is 3.03. The van der Waals surface area contributed by atoms with Crippen molar-refractivity contribution < 1.29 is 0 Å². The van der Waals surface area contributed by atoms with E-state index in [0.29, 0.717) is 23.3 Å². The standard InChI is InChI=1S/C15H19ClN4O.ClH/c1-17-12-3-2-6-19(9-12)10-13-7-15(21)20-8-11(16)4-5-14(20)18-13;/h4-5,7-8,12,17H,2-3,6,9-10H2,1H3;1H. The van der Waals surface area contributed by atoms with E-state index in [1.807, 2.05) is 7.05 Å². The Kier molecular flexibility index (Phi) is 5.81. The molecule has 0 aromatic carbocycles. The van der Waals surface area contributed by atoms with Crippen molar-refractivity contribution in [3.8, 4) is 0 Å². The predicted molar refractivity (Wildman–Crippen MR) is 91.1 cm³/mol. The zero-order valence-corrected chi connectivity index (χ0v) is 14.0. The lowest BCUT2D eigenvalue weighted by atomic mass is 10.1. The average molecular weight is 343 g/mol. The van der Waals surface area contributed by atoms with Crippen molar-refractivity contribution in [2.45, 2.75) is 25.4 Å². The van der Waals surface area contributed by atoms with Crippen LogP contribution in [0.15, 0.2) is 29.2 Å². The Bertz CT molecular complexity index is 703. The molecule has 5 nitrogen and oxygen atoms in total. The Morgan fingerprint density at radius 1 is 1.45 bits per heavy atom. The zero-order valence-electron chi connectivity index (χ0n) is 12.5. The number of hydrogen-bond acceptors (Lipinski definition) is 4. The molecule has 1 aliphatic rings. The van der Waals surface area contributed by atoms with Crippen LogP contribution in [0.4, 0.5) is 0 Å². The smallest absolute Gasteiger partial charge is 0.258 e. The van der Waals surface area contributed by atoms with E-state index in [4.69, 9.17) is 11.6 Å². The molecule has 1 N–H and O–H groups in total. The third-order valence-corrected chi connectivity index (χ3v) is 4.20. The Balaban J connectivity index is 0.00000176. The minimum atomic E-state index is -0.0836. The second-order valence-electron chi connectivity index (χ2n) is 5.52. The van der Waals surface area contributed by atoms with Gasteiger partial charge >= 0.3 is 0 Å². The molecule has 1 unspecified atom stereocenters. The number of fused-ring (bicyclic) bond motifs is 1. The summed E-state index contributed by atoms with van der Waals surface area (Å²) in [5.41, 5.74) is 1.38. The van der Waals surface area contributed by atoms with E-state index in [9.17, 15) is 4.79 Å². The maximum absolute atomic E-state index is 12.1. The fourth-order valence-electron chi connectivity index (χ4n) is 2.87. The Hall–Kier alpha value is -1.14. The lowest BCUT2D eigenvalue weighted by Gasteiger charge is -2.32. The summed E-state index contributed by atoms with van der Waals surface area (Å²) in [6, 6.07) is 5.66. The number of halogens is 2. The molecule has 120 valence electrons. The van der Waals surface area contributed by atoms with Crippen molar-refractivity contribution >= 4 is 29.7 Å². The van der Waals surface area contributed by atoms with Crippen LogP contribution in [0.5, 0.6) is 0 Å². The largest absolute Gasteiger partial charge is 0.316 e. The number of pyridine rings is 1. The molecule has 0 radical (unpaired) electrons. The second kappa shape index (κ2) is 7.42. The topological polar surface area (TPSA) is 49.6 Å². The Labute approximate surface area is 140 Å². The Morgan fingerprint density at radius 2 is 2.27 bits per heavy atom. The maximum atomic E-state index is 12.1. The highest BCUT2D eigenvalue weighted by Crippen LogP contribution is 2.13. The van der Waals surface area contributed by atoms with Gasteiger partial charge in [-0.3, -0.25) is 14.1 Å². The summed E-state index contributed by atoms with van der Waals surface area (Å²) in [6.07, 6.45) is 3.99. The molecule has 1 saturated heterocycles. The van der Waals surface area contributed by atoms with Crippen LogP contribution >= 0.6 is 24.0 Å². The number of rotatable bonds is 3. The van der Waals surface area contributed by atoms with E-state index >= 15 is 0 Å². The maximum Gasteiger partial charge on any atom is 0.258 e. The summed E-state index contributed by atoms with van der Waals surface area (Å²) >= 11 is 5.92. The summed E-state index contributed by atoms with van der Waals surface area (Å²) in [5, 5.41) is 3.86. The number of hydrogen-bond donors (Lipinski definition) is 1. The molecule has 0 spiro atoms. The quantitative estimate of drug-likeness (QED) is 0.926. The van der Waals surface area contributed by atoms with Crippen molar-refractivity contribution in [2.24, 2.45) is 0 Å². The molecule has 3 rings (SSSR count). The predicted octanol–water partition coefficient (Wildman–Crippen LogP) is 1.95. The van der Waals surface area contributed by atoms with Crippen LogP contribution < -0.4 is 10.9 Å². The summed E-state index contributed by atoms with van der Waals surface area (Å²) in [7, 11) is 2.00. The van der Waals surface area contributed by atoms with E-state index in [-0.39, 0.29) is 18.0 Å². The zero-order chi connectivity index (χ0) is 14.8. The van der Waals surface area contributed by atoms with Crippen LogP contribution in [0, 0.1) is 0 Å². The highest BCUT2D eigenvalue weighted by Gasteiger charge is 2.19. The summed E-state index contributed by atoms with van der Waals surface area (Å²) in [5.74, 6) is 0. The molecule has 1 aliphatic heterocycles. The number of aromatic nitrogens is 2. The van der Waals surface area contributed by atoms with Gasteiger partial charge in [0.15, 0.2) is 0 Å². The number of likely N-dealkylation sites (tertiary alicyclic amines) is 1. The fraction of sp³-hybridized carbons (Fsp3) is 0.467. The van der Waals surface area contributed by atoms with Crippen molar-refractivity contribution in [3.63, 3.8) is 0 Å². The van der Waals surface area contributed by atoms with E-state index in [0.717, 1.165) is 18.8 Å². The van der Waals surface area contributed by atoms with Crippen LogP contribution in [-0.2, 0) is 6.54 Å². The molecule has 3 heterocycles. The second-order valence-corrected chi connectivity index (χ2v) is 5.96. The third kappa shape index (κ3) is 3.79. The van der Waals surface area contributed by atoms with Crippen LogP contribution in [0.2, 0.25) is 5.02 Å². The van der Waals surface area contributed by atoms with Crippen LogP contribution in [0.1, 0.15) is 18.5 Å². The highest BCUT2D eigenvalue weighted by atomic mass is 35.5. The van der Waals surface area contributed by atoms with Gasteiger partial charge in [0.2, 0.25) is 0 Å². The number of likely N-dealkylation sites (N-methyl/N-ethyl adjacent to an activating group) is 1. The SMILES string of the molecule is CNC1CCCN(Cc2cc(=O)n3cc(Cl)ccc3n2)C1.Cl. The number of nitrogens with one attached hydrogen (secondary N) is 1. The molecule has 2 aromatic heterocycles. The van der Waals surface area contributed by atoms with Gasteiger partial charge in [-0.2, -0.15) is 0 Å². The first-order valence-corrected chi connectivity index (χ1v) is 7.61. The van der Waals surface area contributed by atoms with Crippen molar-refractivity contribution in [1.29, 1.82) is 0 Å². The number of nitrogens with zero attached hydrogens (tertiary/aromatic N) is 3. The minimum Gasteiger partial charge on any atom is -0.316 e. The van der Waals surface area contributed by atoms with Gasteiger partial charge in [-0.15, -0.1) is 12.4 Å². The van der Waals surface area contributed by atoms with Gasteiger partial charge in [-0.1, -0.05) is 11.6 Å². The van der Waals surface area contributed by atoms with Gasteiger partial charge < -0.3 is 5.32 Å². The van der Waals surface area contributed by atoms with E-state index in [2.05, 4.69) is 15.2 Å². The van der Waals surface area contributed by atoms with Crippen molar-refractivity contribution in [1.82, 2.24) is 19.6 Å². The van der Waals surface area contributed by atoms with Crippen LogP contribution in [0.3, 0.4) is 0 Å². The first-order valence-electron chi connectivity index (χ1n) is 7.23. The number of piperidine rings is 1. The minimum absolute atomic E-state index is 0. The van der Waals surface area contributed by atoms with Crippen molar-refractivity contribution in [2.75, 3.05) is 20.1 Å². The van der Waals surface area contributed by atoms with E-state index < -0.39 is 0 Å². The lowest BCUT2D eigenvalue weighted by Crippen LogP contribution is -2.44. The van der Waals surface area contributed by atoms with Gasteiger partial charge in [0.1, 0.15) is 5.65 Å². The molecule has 1 atom stereocenters. The molecular weight excluding hydrogens is 323 g/mol. The van der Waals surface area contributed by atoms with E-state index in [1.54, 1.807) is 24.4 Å². The Morgan fingerprint density at radius 3 is 3.05 bits per heavy atom. The van der Waals surface area contributed by atoms with Gasteiger partial charge in [0.25, 0.3) is 5.56 Å². The van der Waals surface area contributed by atoms with Gasteiger partial charge in [-0.05, 0) is 38.6 Å². The molecule has 0 saturated carbocycles. The normalized spacial score (nSPS) is 19.1. The van der Waals surface area contributed by atoms with Gasteiger partial charge in [0.05, 0.1) is 10.7 Å². The summed E-state index contributed by atoms with van der Waals surface area (Å²) < 4.78 is 1.48. The van der Waals surface area contributed by atoms with Crippen LogP contribution in [-0.4, -0.2) is 40.5 Å². The highest BCUT2D eigenvalue weighted by molar-refractivity contribution is 6.30. The van der Waals surface area contributed by atoms with Crippen molar-refractivity contribution in [3.05, 3.63) is 45.5 Å². The molecule has 7 heteroatoms. The molecule has 22 heavy (non-hydrogen) atoms. The molecular formula is C15H20Cl2N4O. The summed E-state index contributed by atoms with van der Waals surface area (Å²) in [6.45, 7) is 2.77. The first kappa shape index (κ1) is 17.2. The summed E-state index contributed by atoms with van der Waals surface area (Å²) in [4.78, 5) is 19.1. The van der Waals surface area contributed by atoms with Gasteiger partial charge in [-0.25, -0.2) is 4.98 Å². The first-order chi connectivity index (χ1) is 10.2. The monoisotopic (exact) mass is 342 g/mol.